The Morgan fingerprint density at radius 2 is 1.27 bits per heavy atom. The molecule has 0 saturated carbocycles. The normalized spacial score (nSPS) is 9.27. The first-order valence-corrected chi connectivity index (χ1v) is 5.18. The van der Waals surface area contributed by atoms with Gasteiger partial charge in [0.05, 0.1) is 0 Å². The minimum atomic E-state index is 0.903. The molecule has 0 rings (SSSR count). The Kier molecular flexibility index (Phi) is 15.6. The molecule has 0 spiro atoms. The van der Waals surface area contributed by atoms with Crippen LogP contribution in [0, 0.1) is 5.92 Å². The molecular formula is C11H26. The summed E-state index contributed by atoms with van der Waals surface area (Å²) in [5, 5.41) is 0. The van der Waals surface area contributed by atoms with Crippen LogP contribution in [0.25, 0.3) is 0 Å². The first-order chi connectivity index (χ1) is 5.18. The lowest BCUT2D eigenvalue weighted by molar-refractivity contribution is 0.550. The van der Waals surface area contributed by atoms with E-state index in [-0.39, 0.29) is 0 Å². The second kappa shape index (κ2) is 12.7. The molecule has 0 aromatic carbocycles. The Hall–Kier alpha value is 0. The zero-order valence-corrected chi connectivity index (χ0v) is 9.11. The molecule has 0 nitrogen and oxygen atoms in total. The molecule has 0 aliphatic rings. The third-order valence-corrected chi connectivity index (χ3v) is 1.64. The van der Waals surface area contributed by atoms with Gasteiger partial charge in [-0.3, -0.25) is 0 Å². The molecule has 0 aliphatic heterocycles. The fourth-order valence-electron chi connectivity index (χ4n) is 0.612. The Labute approximate surface area is 73.4 Å². The number of hydrogen-bond acceptors (Lipinski definition) is 0. The Morgan fingerprint density at radius 1 is 0.818 bits per heavy atom. The van der Waals surface area contributed by atoms with E-state index >= 15 is 0 Å². The van der Waals surface area contributed by atoms with E-state index in [1.807, 2.05) is 0 Å². The standard InChI is InChI=1S/C7H16.C4H10/c1-4-5-6-7(2)3;1-3-4-2/h7H,4-6H2,1-3H3;3-4H2,1-2H3. The second-order valence-corrected chi connectivity index (χ2v) is 3.54. The molecule has 0 bridgehead atoms. The highest BCUT2D eigenvalue weighted by molar-refractivity contribution is 4.42. The van der Waals surface area contributed by atoms with Crippen LogP contribution in [0.2, 0.25) is 0 Å². The summed E-state index contributed by atoms with van der Waals surface area (Å²) in [6, 6.07) is 0. The van der Waals surface area contributed by atoms with Crippen molar-refractivity contribution in [3.8, 4) is 0 Å². The van der Waals surface area contributed by atoms with Crippen molar-refractivity contribution < 1.29 is 0 Å². The van der Waals surface area contributed by atoms with Crippen LogP contribution < -0.4 is 0 Å². The molecule has 0 fully saturated rings. The monoisotopic (exact) mass is 158 g/mol. The van der Waals surface area contributed by atoms with Gasteiger partial charge in [0.2, 0.25) is 0 Å². The first-order valence-electron chi connectivity index (χ1n) is 5.18. The Bertz CT molecular complexity index is 44.0. The van der Waals surface area contributed by atoms with Gasteiger partial charge < -0.3 is 0 Å². The largest absolute Gasteiger partial charge is 0.0654 e. The third-order valence-electron chi connectivity index (χ3n) is 1.64. The molecule has 0 amide bonds. The van der Waals surface area contributed by atoms with Crippen molar-refractivity contribution in [3.05, 3.63) is 0 Å². The molecule has 0 heteroatoms. The highest BCUT2D eigenvalue weighted by atomic mass is 13.9. The lowest BCUT2D eigenvalue weighted by Crippen LogP contribution is -1.83. The van der Waals surface area contributed by atoms with Gasteiger partial charge >= 0.3 is 0 Å². The van der Waals surface area contributed by atoms with Gasteiger partial charge in [-0.15, -0.1) is 0 Å². The lowest BCUT2D eigenvalue weighted by Gasteiger charge is -1.98. The summed E-state index contributed by atoms with van der Waals surface area (Å²) in [5.41, 5.74) is 0. The van der Waals surface area contributed by atoms with Crippen molar-refractivity contribution in [3.63, 3.8) is 0 Å². The number of rotatable bonds is 4. The summed E-state index contributed by atoms with van der Waals surface area (Å²) in [6.07, 6.45) is 6.78. The van der Waals surface area contributed by atoms with E-state index in [9.17, 15) is 0 Å². The average Bonchev–Trinajstić information content (AvgIpc) is 2.01. The van der Waals surface area contributed by atoms with Crippen molar-refractivity contribution in [1.82, 2.24) is 0 Å². The van der Waals surface area contributed by atoms with Crippen molar-refractivity contribution in [2.24, 2.45) is 5.92 Å². The highest BCUT2D eigenvalue weighted by Crippen LogP contribution is 2.04. The maximum Gasteiger partial charge on any atom is -0.0471 e. The molecule has 70 valence electrons. The van der Waals surface area contributed by atoms with Crippen LogP contribution in [0.15, 0.2) is 0 Å². The Balaban J connectivity index is 0. The predicted octanol–water partition coefficient (Wildman–Crippen LogP) is 4.64. The quantitative estimate of drug-likeness (QED) is 0.559. The second-order valence-electron chi connectivity index (χ2n) is 3.54. The zero-order valence-electron chi connectivity index (χ0n) is 9.11. The van der Waals surface area contributed by atoms with E-state index in [2.05, 4.69) is 34.6 Å². The topological polar surface area (TPSA) is 0 Å². The van der Waals surface area contributed by atoms with Crippen molar-refractivity contribution in [1.29, 1.82) is 0 Å². The van der Waals surface area contributed by atoms with Gasteiger partial charge in [0.15, 0.2) is 0 Å². The van der Waals surface area contributed by atoms with Crippen LogP contribution in [-0.4, -0.2) is 0 Å². The molecule has 0 aromatic heterocycles. The fourth-order valence-corrected chi connectivity index (χ4v) is 0.612. The van der Waals surface area contributed by atoms with E-state index in [1.54, 1.807) is 0 Å². The van der Waals surface area contributed by atoms with Gasteiger partial charge in [-0.05, 0) is 5.92 Å². The van der Waals surface area contributed by atoms with E-state index in [4.69, 9.17) is 0 Å². The molecule has 0 aliphatic carbocycles. The molecule has 0 saturated heterocycles. The summed E-state index contributed by atoms with van der Waals surface area (Å²) in [5.74, 6) is 0.903. The van der Waals surface area contributed by atoms with Crippen molar-refractivity contribution >= 4 is 0 Å². The van der Waals surface area contributed by atoms with E-state index < -0.39 is 0 Å². The van der Waals surface area contributed by atoms with Crippen LogP contribution in [-0.2, 0) is 0 Å². The van der Waals surface area contributed by atoms with Gasteiger partial charge in [0.25, 0.3) is 0 Å². The summed E-state index contributed by atoms with van der Waals surface area (Å²) < 4.78 is 0. The Morgan fingerprint density at radius 3 is 1.36 bits per heavy atom. The van der Waals surface area contributed by atoms with Gasteiger partial charge in [0.1, 0.15) is 0 Å². The highest BCUT2D eigenvalue weighted by Gasteiger charge is 1.88. The van der Waals surface area contributed by atoms with Gasteiger partial charge in [-0.25, -0.2) is 0 Å². The average molecular weight is 158 g/mol. The minimum absolute atomic E-state index is 0.903. The summed E-state index contributed by atoms with van der Waals surface area (Å²) in [6.45, 7) is 11.1. The predicted molar refractivity (Wildman–Crippen MR) is 54.9 cm³/mol. The summed E-state index contributed by atoms with van der Waals surface area (Å²) in [4.78, 5) is 0. The summed E-state index contributed by atoms with van der Waals surface area (Å²) in [7, 11) is 0. The molecule has 0 heterocycles. The fraction of sp³-hybridized carbons (Fsp3) is 1.00. The SMILES string of the molecule is CCCC.CCCCC(C)C. The van der Waals surface area contributed by atoms with Crippen LogP contribution in [0.5, 0.6) is 0 Å². The van der Waals surface area contributed by atoms with Gasteiger partial charge in [-0.1, -0.05) is 66.7 Å². The van der Waals surface area contributed by atoms with E-state index in [1.165, 1.54) is 32.1 Å². The molecule has 0 radical (unpaired) electrons. The van der Waals surface area contributed by atoms with Crippen LogP contribution in [0.4, 0.5) is 0 Å². The van der Waals surface area contributed by atoms with Crippen LogP contribution in [0.3, 0.4) is 0 Å². The van der Waals surface area contributed by atoms with E-state index in [0.29, 0.717) is 0 Å². The maximum absolute atomic E-state index is 2.27. The molecule has 11 heavy (non-hydrogen) atoms. The first kappa shape index (κ1) is 13.6. The minimum Gasteiger partial charge on any atom is -0.0654 e. The van der Waals surface area contributed by atoms with Crippen LogP contribution >= 0.6 is 0 Å². The molecule has 0 N–H and O–H groups in total. The summed E-state index contributed by atoms with van der Waals surface area (Å²) >= 11 is 0. The van der Waals surface area contributed by atoms with Crippen LogP contribution in [0.1, 0.15) is 66.7 Å². The zero-order chi connectivity index (χ0) is 9.11. The van der Waals surface area contributed by atoms with Gasteiger partial charge in [0, 0.05) is 0 Å². The molecule has 0 unspecified atom stereocenters. The number of hydrogen-bond donors (Lipinski definition) is 0. The molecular weight excluding hydrogens is 132 g/mol. The molecule has 0 atom stereocenters. The maximum atomic E-state index is 2.27. The van der Waals surface area contributed by atoms with E-state index in [0.717, 1.165) is 5.92 Å². The number of unbranched alkanes of at least 4 members (excludes halogenated alkanes) is 2. The van der Waals surface area contributed by atoms with Gasteiger partial charge in [-0.2, -0.15) is 0 Å². The third kappa shape index (κ3) is 25.6. The smallest absolute Gasteiger partial charge is 0.0471 e. The van der Waals surface area contributed by atoms with Crippen molar-refractivity contribution in [2.45, 2.75) is 66.7 Å². The molecule has 0 aromatic rings. The lowest BCUT2D eigenvalue weighted by atomic mass is 10.1. The van der Waals surface area contributed by atoms with Crippen molar-refractivity contribution in [2.75, 3.05) is 0 Å².